The van der Waals surface area contributed by atoms with E-state index >= 15 is 0 Å². The second-order valence-electron chi connectivity index (χ2n) is 8.32. The lowest BCUT2D eigenvalue weighted by molar-refractivity contribution is -0.130. The zero-order valence-electron chi connectivity index (χ0n) is 26.2. The summed E-state index contributed by atoms with van der Waals surface area (Å²) in [6, 6.07) is 24.0. The molecule has 2 aromatic carbocycles. The highest BCUT2D eigenvalue weighted by atomic mass is 16.5. The average molecular weight is 611 g/mol. The molecule has 10 heteroatoms. The Kier molecular flexibility index (Phi) is 60.9. The number of carbonyl (C=O) groups excluding carboxylic acids is 2. The number of rotatable bonds is 14. The van der Waals surface area contributed by atoms with Crippen LogP contribution in [0, 0.1) is 11.8 Å². The summed E-state index contributed by atoms with van der Waals surface area (Å²) in [6.07, 6.45) is 9.49. The number of ether oxygens (including phenoxy) is 2. The smallest absolute Gasteiger partial charge is 0.293 e. The Bertz CT molecular complexity index is 623. The molecule has 3 N–H and O–H groups in total. The average Bonchev–Trinajstić information content (AvgIpc) is 3.05. The Hall–Kier alpha value is -4.21. The van der Waals surface area contributed by atoms with E-state index < -0.39 is 0 Å². The SMILES string of the molecule is CCCCC(CC)COC=O.CCCCC(CC)COC=O.O=CO.O=CO.O=CO.c1ccccc1.c1ccccc1. The summed E-state index contributed by atoms with van der Waals surface area (Å²) in [5.74, 6) is 1.14. The summed E-state index contributed by atoms with van der Waals surface area (Å²) in [6.45, 7) is 10.1. The van der Waals surface area contributed by atoms with Gasteiger partial charge in [-0.15, -0.1) is 0 Å². The van der Waals surface area contributed by atoms with Gasteiger partial charge in [-0.25, -0.2) is 0 Å². The van der Waals surface area contributed by atoms with Crippen molar-refractivity contribution in [3.05, 3.63) is 72.8 Å². The second-order valence-corrected chi connectivity index (χ2v) is 8.32. The largest absolute Gasteiger partial charge is 0.483 e. The number of carbonyl (C=O) groups is 5. The van der Waals surface area contributed by atoms with E-state index in [9.17, 15) is 9.59 Å². The fraction of sp³-hybridized carbons (Fsp3) is 0.485. The standard InChI is InChI=1S/2C9H18O2.2C6H6.3CH2O2/c2*1-3-5-6-9(4-2)7-11-8-10;2*1-2-4-6-5-3-1;3*2-1-3/h2*8-9H,3-7H2,1-2H3;2*1-6H;3*1H,(H,2,3). The van der Waals surface area contributed by atoms with E-state index in [1.807, 2.05) is 72.8 Å². The van der Waals surface area contributed by atoms with Gasteiger partial charge in [-0.3, -0.25) is 24.0 Å². The number of benzene rings is 2. The first-order valence-electron chi connectivity index (χ1n) is 14.3. The van der Waals surface area contributed by atoms with Crippen molar-refractivity contribution in [3.8, 4) is 0 Å². The third kappa shape index (κ3) is 62.7. The minimum atomic E-state index is -0.250. The van der Waals surface area contributed by atoms with Crippen LogP contribution in [0.2, 0.25) is 0 Å². The highest BCUT2D eigenvalue weighted by molar-refractivity contribution is 5.37. The molecule has 10 nitrogen and oxygen atoms in total. The molecule has 0 aromatic heterocycles. The first kappa shape index (κ1) is 48.5. The fourth-order valence-corrected chi connectivity index (χ4v) is 2.92. The van der Waals surface area contributed by atoms with Crippen molar-refractivity contribution in [2.75, 3.05) is 13.2 Å². The first-order chi connectivity index (χ1) is 20.9. The zero-order chi connectivity index (χ0) is 33.7. The molecule has 0 spiro atoms. The molecular weight excluding hydrogens is 556 g/mol. The lowest BCUT2D eigenvalue weighted by Crippen LogP contribution is -2.07. The molecular formula is C33H54O10. The number of hydrogen-bond donors (Lipinski definition) is 3. The highest BCUT2D eigenvalue weighted by Gasteiger charge is 2.05. The molecule has 0 bridgehead atoms. The molecule has 0 aliphatic heterocycles. The van der Waals surface area contributed by atoms with Gasteiger partial charge in [0.15, 0.2) is 0 Å². The fourth-order valence-electron chi connectivity index (χ4n) is 2.92. The van der Waals surface area contributed by atoms with Crippen LogP contribution in [0.25, 0.3) is 0 Å². The van der Waals surface area contributed by atoms with Crippen molar-refractivity contribution in [1.82, 2.24) is 0 Å². The van der Waals surface area contributed by atoms with E-state index in [4.69, 9.17) is 39.2 Å². The van der Waals surface area contributed by atoms with Gasteiger partial charge >= 0.3 is 0 Å². The maximum Gasteiger partial charge on any atom is 0.293 e. The van der Waals surface area contributed by atoms with E-state index in [-0.39, 0.29) is 19.4 Å². The molecule has 2 rings (SSSR count). The van der Waals surface area contributed by atoms with Crippen molar-refractivity contribution in [3.63, 3.8) is 0 Å². The van der Waals surface area contributed by atoms with E-state index in [2.05, 4.69) is 27.7 Å². The van der Waals surface area contributed by atoms with Crippen LogP contribution in [0.3, 0.4) is 0 Å². The molecule has 0 saturated carbocycles. The van der Waals surface area contributed by atoms with E-state index in [0.717, 1.165) is 12.8 Å². The minimum absolute atomic E-state index is 0.250. The maximum atomic E-state index is 9.88. The van der Waals surface area contributed by atoms with Gasteiger partial charge in [0, 0.05) is 0 Å². The number of hydrogen-bond acceptors (Lipinski definition) is 7. The molecule has 0 aliphatic carbocycles. The van der Waals surface area contributed by atoms with Gasteiger partial charge in [0.2, 0.25) is 0 Å². The Morgan fingerprint density at radius 3 is 0.837 bits per heavy atom. The van der Waals surface area contributed by atoms with Crippen molar-refractivity contribution < 1.29 is 48.8 Å². The number of carboxylic acid groups (broad SMARTS) is 3. The van der Waals surface area contributed by atoms with Crippen LogP contribution in [0.15, 0.2) is 72.8 Å². The molecule has 0 fully saturated rings. The van der Waals surface area contributed by atoms with Crippen LogP contribution in [0.1, 0.15) is 79.1 Å². The third-order valence-corrected chi connectivity index (χ3v) is 5.22. The van der Waals surface area contributed by atoms with Crippen LogP contribution >= 0.6 is 0 Å². The summed E-state index contributed by atoms with van der Waals surface area (Å²) in [4.78, 5) is 44.8. The third-order valence-electron chi connectivity index (χ3n) is 5.22. The molecule has 246 valence electrons. The Morgan fingerprint density at radius 2 is 0.698 bits per heavy atom. The predicted octanol–water partition coefficient (Wildman–Crippen LogP) is 7.23. The number of unbranched alkanes of at least 4 members (excludes halogenated alkanes) is 2. The molecule has 2 unspecified atom stereocenters. The highest BCUT2D eigenvalue weighted by Crippen LogP contribution is 2.12. The summed E-state index contributed by atoms with van der Waals surface area (Å²) in [5.41, 5.74) is 0. The topological polar surface area (TPSA) is 164 Å². The van der Waals surface area contributed by atoms with Crippen LogP contribution in [0.4, 0.5) is 0 Å². The molecule has 0 radical (unpaired) electrons. The van der Waals surface area contributed by atoms with Crippen LogP contribution in [-0.4, -0.2) is 60.9 Å². The Balaban J connectivity index is -0.000000139. The normalized spacial score (nSPS) is 9.49. The monoisotopic (exact) mass is 610 g/mol. The molecule has 0 amide bonds. The van der Waals surface area contributed by atoms with Gasteiger partial charge in [0.1, 0.15) is 0 Å². The first-order valence-corrected chi connectivity index (χ1v) is 14.3. The van der Waals surface area contributed by atoms with Gasteiger partial charge in [-0.2, -0.15) is 0 Å². The summed E-state index contributed by atoms with van der Waals surface area (Å²) < 4.78 is 9.41. The maximum absolute atomic E-state index is 9.88. The Labute approximate surface area is 258 Å². The van der Waals surface area contributed by atoms with Gasteiger partial charge in [-0.05, 0) is 24.7 Å². The second kappa shape index (κ2) is 54.0. The molecule has 0 heterocycles. The lowest BCUT2D eigenvalue weighted by Gasteiger charge is -2.11. The van der Waals surface area contributed by atoms with Crippen LogP contribution < -0.4 is 0 Å². The van der Waals surface area contributed by atoms with Gasteiger partial charge < -0.3 is 24.8 Å². The van der Waals surface area contributed by atoms with Crippen molar-refractivity contribution in [2.45, 2.75) is 79.1 Å². The van der Waals surface area contributed by atoms with Gasteiger partial charge in [0.05, 0.1) is 13.2 Å². The summed E-state index contributed by atoms with van der Waals surface area (Å²) in [5, 5.41) is 20.7. The lowest BCUT2D eigenvalue weighted by atomic mass is 10.0. The zero-order valence-corrected chi connectivity index (χ0v) is 26.2. The molecule has 2 atom stereocenters. The Morgan fingerprint density at radius 1 is 0.488 bits per heavy atom. The van der Waals surface area contributed by atoms with Crippen LogP contribution in [-0.2, 0) is 33.4 Å². The summed E-state index contributed by atoms with van der Waals surface area (Å²) >= 11 is 0. The molecule has 43 heavy (non-hydrogen) atoms. The minimum Gasteiger partial charge on any atom is -0.483 e. The molecule has 0 aliphatic rings. The van der Waals surface area contributed by atoms with Crippen LogP contribution in [0.5, 0.6) is 0 Å². The van der Waals surface area contributed by atoms with E-state index in [1.54, 1.807) is 0 Å². The van der Waals surface area contributed by atoms with Crippen molar-refractivity contribution in [2.24, 2.45) is 11.8 Å². The molecule has 2 aromatic rings. The van der Waals surface area contributed by atoms with E-state index in [0.29, 0.717) is 38.0 Å². The quantitative estimate of drug-likeness (QED) is 0.186. The summed E-state index contributed by atoms with van der Waals surface area (Å²) in [7, 11) is 0. The van der Waals surface area contributed by atoms with Crippen molar-refractivity contribution in [1.29, 1.82) is 0 Å². The predicted molar refractivity (Wildman–Crippen MR) is 170 cm³/mol. The van der Waals surface area contributed by atoms with Gasteiger partial charge in [0.25, 0.3) is 32.4 Å². The van der Waals surface area contributed by atoms with Crippen molar-refractivity contribution >= 4 is 32.4 Å². The molecule has 0 saturated heterocycles. The van der Waals surface area contributed by atoms with Gasteiger partial charge in [-0.1, -0.05) is 139 Å². The van der Waals surface area contributed by atoms with E-state index in [1.165, 1.54) is 38.5 Å².